The van der Waals surface area contributed by atoms with Crippen molar-refractivity contribution in [3.8, 4) is 17.1 Å². The molecule has 3 aromatic rings. The minimum atomic E-state index is -2.81. The molecule has 1 aliphatic heterocycles. The highest BCUT2D eigenvalue weighted by atomic mass is 35.5. The monoisotopic (exact) mass is 379 g/mol. The van der Waals surface area contributed by atoms with E-state index in [9.17, 15) is 8.78 Å². The van der Waals surface area contributed by atoms with E-state index < -0.39 is 12.0 Å². The first-order chi connectivity index (χ1) is 12.5. The van der Waals surface area contributed by atoms with Gasteiger partial charge in [-0.2, -0.15) is 0 Å². The maximum absolute atomic E-state index is 13.8. The number of imidazole rings is 1. The van der Waals surface area contributed by atoms with Gasteiger partial charge in [-0.3, -0.25) is 4.40 Å². The number of hydrogen-bond acceptors (Lipinski definition) is 5. The molecule has 0 radical (unpaired) electrons. The fourth-order valence-electron chi connectivity index (χ4n) is 2.98. The summed E-state index contributed by atoms with van der Waals surface area (Å²) in [5.74, 6) is -1.91. The molecule has 3 aromatic heterocycles. The number of anilines is 1. The Bertz CT molecular complexity index is 961. The average Bonchev–Trinajstić information content (AvgIpc) is 3.17. The number of ether oxygens (including phenoxy) is 1. The van der Waals surface area contributed by atoms with Crippen LogP contribution in [0.1, 0.15) is 0 Å². The molecule has 1 aliphatic rings. The molecule has 136 valence electrons. The van der Waals surface area contributed by atoms with E-state index in [2.05, 4.69) is 20.6 Å². The Balaban J connectivity index is 1.68. The van der Waals surface area contributed by atoms with Crippen LogP contribution in [0.25, 0.3) is 17.0 Å². The van der Waals surface area contributed by atoms with Crippen LogP contribution in [0.5, 0.6) is 5.75 Å². The predicted molar refractivity (Wildman–Crippen MR) is 95.2 cm³/mol. The molecule has 4 heterocycles. The quantitative estimate of drug-likeness (QED) is 0.729. The van der Waals surface area contributed by atoms with Crippen molar-refractivity contribution in [2.24, 2.45) is 0 Å². The molecule has 0 aromatic carbocycles. The van der Waals surface area contributed by atoms with Gasteiger partial charge in [0.15, 0.2) is 0 Å². The second-order valence-corrected chi connectivity index (χ2v) is 6.47. The number of hydrogen-bond donors (Lipinski definition) is 2. The summed E-state index contributed by atoms with van der Waals surface area (Å²) in [4.78, 5) is 8.79. The van der Waals surface area contributed by atoms with Gasteiger partial charge in [0.2, 0.25) is 0 Å². The molecule has 4 rings (SSSR count). The van der Waals surface area contributed by atoms with Gasteiger partial charge in [0.25, 0.3) is 5.92 Å². The average molecular weight is 380 g/mol. The second kappa shape index (κ2) is 6.37. The van der Waals surface area contributed by atoms with E-state index >= 15 is 0 Å². The molecular formula is C17H16ClF2N5O. The number of fused-ring (bicyclic) bond motifs is 1. The Labute approximate surface area is 153 Å². The smallest absolute Gasteiger partial charge is 0.281 e. The summed E-state index contributed by atoms with van der Waals surface area (Å²) in [6, 6.07) is 5.94. The molecule has 1 fully saturated rings. The van der Waals surface area contributed by atoms with Crippen molar-refractivity contribution in [2.45, 2.75) is 12.0 Å². The molecule has 0 spiro atoms. The minimum Gasteiger partial charge on any atom is -0.495 e. The van der Waals surface area contributed by atoms with Crippen LogP contribution in [-0.4, -0.2) is 46.5 Å². The molecule has 26 heavy (non-hydrogen) atoms. The van der Waals surface area contributed by atoms with Gasteiger partial charge in [0, 0.05) is 18.8 Å². The lowest BCUT2D eigenvalue weighted by molar-refractivity contribution is 0.0138. The van der Waals surface area contributed by atoms with Crippen LogP contribution in [-0.2, 0) is 0 Å². The lowest BCUT2D eigenvalue weighted by Gasteiger charge is -2.20. The molecule has 1 atom stereocenters. The van der Waals surface area contributed by atoms with Crippen molar-refractivity contribution in [1.82, 2.24) is 19.7 Å². The Morgan fingerprint density at radius 2 is 2.27 bits per heavy atom. The van der Waals surface area contributed by atoms with E-state index in [1.807, 2.05) is 0 Å². The third-order valence-electron chi connectivity index (χ3n) is 4.34. The van der Waals surface area contributed by atoms with E-state index in [0.717, 1.165) is 0 Å². The van der Waals surface area contributed by atoms with Gasteiger partial charge in [0.1, 0.15) is 23.3 Å². The highest BCUT2D eigenvalue weighted by Gasteiger charge is 2.44. The van der Waals surface area contributed by atoms with Crippen molar-refractivity contribution >= 4 is 23.1 Å². The van der Waals surface area contributed by atoms with Crippen molar-refractivity contribution in [1.29, 1.82) is 0 Å². The molecule has 0 bridgehead atoms. The lowest BCUT2D eigenvalue weighted by atomic mass is 10.2. The highest BCUT2D eigenvalue weighted by molar-refractivity contribution is 6.32. The highest BCUT2D eigenvalue weighted by Crippen LogP contribution is 2.29. The number of halogens is 3. The number of aromatic nitrogens is 3. The van der Waals surface area contributed by atoms with E-state index in [1.165, 1.54) is 7.11 Å². The summed E-state index contributed by atoms with van der Waals surface area (Å²) in [6.07, 6.45) is 3.35. The topological polar surface area (TPSA) is 63.5 Å². The first kappa shape index (κ1) is 17.0. The van der Waals surface area contributed by atoms with Gasteiger partial charge < -0.3 is 15.4 Å². The number of nitrogens with zero attached hydrogens (tertiary/aromatic N) is 3. The van der Waals surface area contributed by atoms with Crippen LogP contribution in [0.4, 0.5) is 14.6 Å². The van der Waals surface area contributed by atoms with Crippen molar-refractivity contribution in [3.63, 3.8) is 0 Å². The summed E-state index contributed by atoms with van der Waals surface area (Å²) in [6.45, 7) is -0.151. The van der Waals surface area contributed by atoms with Gasteiger partial charge in [-0.1, -0.05) is 17.7 Å². The van der Waals surface area contributed by atoms with Crippen molar-refractivity contribution in [2.75, 3.05) is 25.5 Å². The normalized spacial score (nSPS) is 19.0. The molecule has 6 nitrogen and oxygen atoms in total. The number of alkyl halides is 2. The van der Waals surface area contributed by atoms with E-state index in [1.54, 1.807) is 41.1 Å². The van der Waals surface area contributed by atoms with Gasteiger partial charge in [-0.15, -0.1) is 0 Å². The number of rotatable bonds is 4. The molecule has 0 aliphatic carbocycles. The van der Waals surface area contributed by atoms with Gasteiger partial charge in [0.05, 0.1) is 36.3 Å². The molecule has 9 heteroatoms. The van der Waals surface area contributed by atoms with Crippen LogP contribution < -0.4 is 15.4 Å². The zero-order chi connectivity index (χ0) is 18.3. The first-order valence-electron chi connectivity index (χ1n) is 8.01. The Morgan fingerprint density at radius 1 is 1.42 bits per heavy atom. The van der Waals surface area contributed by atoms with Crippen LogP contribution in [0.15, 0.2) is 36.7 Å². The maximum Gasteiger partial charge on any atom is 0.281 e. The first-order valence-corrected chi connectivity index (χ1v) is 8.39. The van der Waals surface area contributed by atoms with Crippen molar-refractivity contribution in [3.05, 3.63) is 41.7 Å². The summed E-state index contributed by atoms with van der Waals surface area (Å²) < 4.78 is 34.6. The summed E-state index contributed by atoms with van der Waals surface area (Å²) in [7, 11) is 1.53. The summed E-state index contributed by atoms with van der Waals surface area (Å²) >= 11 is 6.20. The molecule has 0 saturated carbocycles. The van der Waals surface area contributed by atoms with Gasteiger partial charge >= 0.3 is 0 Å². The Morgan fingerprint density at radius 3 is 3.00 bits per heavy atom. The fourth-order valence-corrected chi connectivity index (χ4v) is 3.20. The zero-order valence-electron chi connectivity index (χ0n) is 13.8. The lowest BCUT2D eigenvalue weighted by Crippen LogP contribution is -2.38. The standard InChI is InChI=1S/C17H16ClF2N5O/c1-26-13-5-16-22-6-12(25(16)8-10(13)18)11-3-2-4-15(23-11)24-14-7-21-9-17(14,19)20/h2-6,8,14,21H,7,9H2,1H3,(H,23,24). The number of methoxy groups -OCH3 is 1. The molecule has 2 N–H and O–H groups in total. The fraction of sp³-hybridized carbons (Fsp3) is 0.294. The van der Waals surface area contributed by atoms with E-state index in [4.69, 9.17) is 16.3 Å². The summed E-state index contributed by atoms with van der Waals surface area (Å²) in [5.41, 5.74) is 1.94. The van der Waals surface area contributed by atoms with Crippen LogP contribution in [0.3, 0.4) is 0 Å². The van der Waals surface area contributed by atoms with E-state index in [-0.39, 0.29) is 13.1 Å². The molecular weight excluding hydrogens is 364 g/mol. The van der Waals surface area contributed by atoms with Crippen LogP contribution in [0.2, 0.25) is 5.02 Å². The molecule has 1 unspecified atom stereocenters. The van der Waals surface area contributed by atoms with Gasteiger partial charge in [-0.25, -0.2) is 18.7 Å². The van der Waals surface area contributed by atoms with Crippen LogP contribution in [0, 0.1) is 0 Å². The van der Waals surface area contributed by atoms with Crippen molar-refractivity contribution < 1.29 is 13.5 Å². The van der Waals surface area contributed by atoms with E-state index in [0.29, 0.717) is 33.6 Å². The maximum atomic E-state index is 13.8. The summed E-state index contributed by atoms with van der Waals surface area (Å²) in [5, 5.41) is 5.93. The minimum absolute atomic E-state index is 0.184. The van der Waals surface area contributed by atoms with Gasteiger partial charge in [-0.05, 0) is 12.1 Å². The van der Waals surface area contributed by atoms with Crippen LogP contribution >= 0.6 is 11.6 Å². The largest absolute Gasteiger partial charge is 0.495 e. The molecule has 0 amide bonds. The third kappa shape index (κ3) is 2.95. The predicted octanol–water partition coefficient (Wildman–Crippen LogP) is 3.08. The number of pyridine rings is 2. The zero-order valence-corrected chi connectivity index (χ0v) is 14.6. The molecule has 1 saturated heterocycles. The SMILES string of the molecule is COc1cc2ncc(-c3cccc(NC4CNCC4(F)F)n3)n2cc1Cl. The second-order valence-electron chi connectivity index (χ2n) is 6.06. The number of nitrogens with one attached hydrogen (secondary N) is 2. The Kier molecular flexibility index (Phi) is 4.16. The Hall–Kier alpha value is -2.45. The third-order valence-corrected chi connectivity index (χ3v) is 4.62.